The molecule has 2 aromatic rings. The second-order valence-electron chi connectivity index (χ2n) is 3.40. The Balaban J connectivity index is 0.00000144. The molecule has 17 heavy (non-hydrogen) atoms. The third-order valence-corrected chi connectivity index (χ3v) is 2.30. The number of pyridine rings is 1. The molecule has 0 aliphatic carbocycles. The summed E-state index contributed by atoms with van der Waals surface area (Å²) in [6.45, 7) is -4.98. The van der Waals surface area contributed by atoms with E-state index >= 15 is 0 Å². The maximum Gasteiger partial charge on any atom is 1.00 e. The fraction of sp³-hybridized carbons (Fsp3) is 0. The maximum atomic E-state index is 12.8. The molecule has 6 heteroatoms. The van der Waals surface area contributed by atoms with Crippen molar-refractivity contribution in [3.63, 3.8) is 0 Å². The smallest absolute Gasteiger partial charge is 0.445 e. The molecule has 0 unspecified atom stereocenters. The monoisotopic (exact) mass is 261 g/mol. The molecule has 0 aliphatic rings. The first kappa shape index (κ1) is 14.9. The van der Waals surface area contributed by atoms with E-state index in [-0.39, 0.29) is 56.9 Å². The maximum absolute atomic E-state index is 12.8. The Morgan fingerprint density at radius 3 is 2.06 bits per heavy atom. The molecule has 0 amide bonds. The molecule has 0 aliphatic heterocycles. The van der Waals surface area contributed by atoms with Crippen molar-refractivity contribution >= 4 is 12.4 Å². The Morgan fingerprint density at radius 2 is 1.47 bits per heavy atom. The van der Waals surface area contributed by atoms with Crippen molar-refractivity contribution in [2.45, 2.75) is 0 Å². The van der Waals surface area contributed by atoms with E-state index in [1.807, 2.05) is 0 Å². The predicted octanol–water partition coefficient (Wildman–Crippen LogP) is -0.193. The minimum Gasteiger partial charge on any atom is -0.445 e. The van der Waals surface area contributed by atoms with Crippen LogP contribution in [0.25, 0.3) is 11.1 Å². The SMILES string of the molecule is F[B-](F)(F)c1ccccc1-c1ccncc1.[K+]. The van der Waals surface area contributed by atoms with Crippen LogP contribution in [0.15, 0.2) is 48.8 Å². The molecule has 1 nitrogen and oxygen atoms in total. The number of hydrogen-bond donors (Lipinski definition) is 0. The summed E-state index contributed by atoms with van der Waals surface area (Å²) in [7, 11) is 0. The molecule has 0 saturated heterocycles. The van der Waals surface area contributed by atoms with E-state index in [0.717, 1.165) is 6.07 Å². The van der Waals surface area contributed by atoms with Crippen molar-refractivity contribution < 1.29 is 64.3 Å². The number of hydrogen-bond acceptors (Lipinski definition) is 1. The molecule has 1 aromatic heterocycles. The van der Waals surface area contributed by atoms with Crippen LogP contribution in [0, 0.1) is 0 Å². The van der Waals surface area contributed by atoms with E-state index in [0.29, 0.717) is 5.56 Å². The van der Waals surface area contributed by atoms with Crippen LogP contribution in [0.1, 0.15) is 0 Å². The van der Waals surface area contributed by atoms with Crippen molar-refractivity contribution in [3.05, 3.63) is 48.8 Å². The second-order valence-corrected chi connectivity index (χ2v) is 3.40. The van der Waals surface area contributed by atoms with Crippen molar-refractivity contribution in [3.8, 4) is 11.1 Å². The summed E-state index contributed by atoms with van der Waals surface area (Å²) in [5, 5.41) is 0. The van der Waals surface area contributed by atoms with Gasteiger partial charge in [0.1, 0.15) is 0 Å². The topological polar surface area (TPSA) is 12.9 Å². The van der Waals surface area contributed by atoms with Crippen LogP contribution in [0.5, 0.6) is 0 Å². The van der Waals surface area contributed by atoms with E-state index in [4.69, 9.17) is 0 Å². The van der Waals surface area contributed by atoms with Gasteiger partial charge in [-0.3, -0.25) is 4.98 Å². The minimum absolute atomic E-state index is 0. The zero-order chi connectivity index (χ0) is 11.6. The minimum atomic E-state index is -4.98. The van der Waals surface area contributed by atoms with E-state index in [2.05, 4.69) is 4.98 Å². The van der Waals surface area contributed by atoms with Crippen LogP contribution in [-0.2, 0) is 0 Å². The van der Waals surface area contributed by atoms with Crippen molar-refractivity contribution in [1.29, 1.82) is 0 Å². The van der Waals surface area contributed by atoms with Gasteiger partial charge in [0.15, 0.2) is 0 Å². The Bertz CT molecular complexity index is 488. The van der Waals surface area contributed by atoms with Crippen molar-refractivity contribution in [2.75, 3.05) is 0 Å². The molecule has 1 heterocycles. The van der Waals surface area contributed by atoms with Gasteiger partial charge in [-0.2, -0.15) is 0 Å². The first-order chi connectivity index (χ1) is 7.59. The Kier molecular flexibility index (Phi) is 5.40. The van der Waals surface area contributed by atoms with Crippen molar-refractivity contribution in [2.24, 2.45) is 0 Å². The van der Waals surface area contributed by atoms with Crippen LogP contribution >= 0.6 is 0 Å². The number of benzene rings is 1. The molecule has 0 fully saturated rings. The summed E-state index contributed by atoms with van der Waals surface area (Å²) in [6, 6.07) is 8.72. The zero-order valence-corrected chi connectivity index (χ0v) is 12.4. The summed E-state index contributed by atoms with van der Waals surface area (Å²) < 4.78 is 38.3. The first-order valence-electron chi connectivity index (χ1n) is 4.78. The fourth-order valence-corrected chi connectivity index (χ4v) is 1.58. The third-order valence-electron chi connectivity index (χ3n) is 2.30. The van der Waals surface area contributed by atoms with Gasteiger partial charge in [-0.1, -0.05) is 24.3 Å². The van der Waals surface area contributed by atoms with Gasteiger partial charge < -0.3 is 12.9 Å². The Hall–Kier alpha value is -0.139. The van der Waals surface area contributed by atoms with Gasteiger partial charge in [-0.05, 0) is 23.3 Å². The molecule has 0 saturated carbocycles. The summed E-state index contributed by atoms with van der Waals surface area (Å²) in [6.07, 6.45) is 2.96. The van der Waals surface area contributed by atoms with Gasteiger partial charge in [0.2, 0.25) is 0 Å². The molecule has 0 bridgehead atoms. The van der Waals surface area contributed by atoms with Crippen molar-refractivity contribution in [1.82, 2.24) is 4.98 Å². The van der Waals surface area contributed by atoms with Crippen LogP contribution in [0.4, 0.5) is 12.9 Å². The van der Waals surface area contributed by atoms with Gasteiger partial charge in [0.25, 0.3) is 0 Å². The number of nitrogens with zero attached hydrogens (tertiary/aromatic N) is 1. The van der Waals surface area contributed by atoms with Crippen LogP contribution in [0.3, 0.4) is 0 Å². The zero-order valence-electron chi connectivity index (χ0n) is 9.28. The molecule has 2 rings (SSSR count). The van der Waals surface area contributed by atoms with E-state index in [1.165, 1.54) is 24.5 Å². The molecular weight excluding hydrogens is 253 g/mol. The first-order valence-corrected chi connectivity index (χ1v) is 4.78. The Labute approximate surface area is 140 Å². The van der Waals surface area contributed by atoms with Gasteiger partial charge >= 0.3 is 58.4 Å². The summed E-state index contributed by atoms with van der Waals surface area (Å²) >= 11 is 0. The van der Waals surface area contributed by atoms with Gasteiger partial charge in [0, 0.05) is 12.4 Å². The average molecular weight is 261 g/mol. The third kappa shape index (κ3) is 3.66. The summed E-state index contributed by atoms with van der Waals surface area (Å²) in [4.78, 5) is 3.79. The van der Waals surface area contributed by atoms with E-state index in [9.17, 15) is 12.9 Å². The average Bonchev–Trinajstić information content (AvgIpc) is 2.29. The molecule has 0 N–H and O–H groups in total. The van der Waals surface area contributed by atoms with Gasteiger partial charge in [0.05, 0.1) is 0 Å². The normalized spacial score (nSPS) is 10.8. The molecule has 0 atom stereocenters. The number of rotatable bonds is 2. The molecular formula is C11H8BF3KN. The molecule has 0 spiro atoms. The predicted molar refractivity (Wildman–Crippen MR) is 58.4 cm³/mol. The fourth-order valence-electron chi connectivity index (χ4n) is 1.58. The largest absolute Gasteiger partial charge is 1.00 e. The molecule has 0 radical (unpaired) electrons. The van der Waals surface area contributed by atoms with E-state index in [1.54, 1.807) is 18.2 Å². The van der Waals surface area contributed by atoms with Gasteiger partial charge in [-0.25, -0.2) is 0 Å². The summed E-state index contributed by atoms with van der Waals surface area (Å²) in [5.74, 6) is 0. The quantitative estimate of drug-likeness (QED) is 0.683. The Morgan fingerprint density at radius 1 is 0.882 bits per heavy atom. The number of halogens is 3. The molecule has 82 valence electrons. The van der Waals surface area contributed by atoms with Crippen LogP contribution < -0.4 is 56.8 Å². The van der Waals surface area contributed by atoms with Crippen LogP contribution in [0.2, 0.25) is 0 Å². The standard InChI is InChI=1S/C11H8BF3N.K/c13-12(14,15)11-4-2-1-3-10(11)9-5-7-16-8-6-9;/h1-8H;/q-1;+1. The van der Waals surface area contributed by atoms with Crippen LogP contribution in [-0.4, -0.2) is 12.0 Å². The summed E-state index contributed by atoms with van der Waals surface area (Å²) in [5.41, 5.74) is 0.177. The second kappa shape index (κ2) is 6.15. The number of aromatic nitrogens is 1. The van der Waals surface area contributed by atoms with E-state index < -0.39 is 12.4 Å². The molecule has 1 aromatic carbocycles. The van der Waals surface area contributed by atoms with Gasteiger partial charge in [-0.15, -0.1) is 5.46 Å².